The number of aromatic nitrogens is 4. The second-order valence-electron chi connectivity index (χ2n) is 13.6. The monoisotopic (exact) mass is 674 g/mol. The second kappa shape index (κ2) is 11.7. The molecule has 0 fully saturated rings. The number of rotatable bonds is 5. The largest absolute Gasteiger partial charge is 0.309 e. The number of hydrogen-bond donors (Lipinski definition) is 0. The van der Waals surface area contributed by atoms with E-state index in [0.717, 1.165) is 44.5 Å². The minimum Gasteiger partial charge on any atom is -0.309 e. The van der Waals surface area contributed by atoms with Crippen LogP contribution in [0.5, 0.6) is 0 Å². The van der Waals surface area contributed by atoms with Gasteiger partial charge in [0.2, 0.25) is 0 Å². The summed E-state index contributed by atoms with van der Waals surface area (Å²) in [4.78, 5) is 15.5. The molecule has 0 amide bonds. The molecule has 0 radical (unpaired) electrons. The Morgan fingerprint density at radius 3 is 1.64 bits per heavy atom. The third kappa shape index (κ3) is 4.66. The fourth-order valence-corrected chi connectivity index (χ4v) is 8.20. The highest BCUT2D eigenvalue weighted by atomic mass is 15.1. The quantitative estimate of drug-likeness (QED) is 0.182. The standard InChI is InChI=1S/C49H30N4/c1-2-14-31(15-3-1)47-50-48(34-18-12-16-32(28-34)35-29-33-17-13-24-40-36-19-4-5-20-37(36)42(30-35)46(33)40)52-49(51-47)41-23-8-11-27-45(41)53-43-25-9-6-21-38(43)39-22-7-10-26-44(39)53/h1-30H. The lowest BCUT2D eigenvalue weighted by Gasteiger charge is -2.15. The molecule has 11 rings (SSSR count). The lowest BCUT2D eigenvalue weighted by molar-refractivity contribution is 1.06. The fourth-order valence-electron chi connectivity index (χ4n) is 8.20. The highest BCUT2D eigenvalue weighted by molar-refractivity contribution is 6.16. The zero-order valence-electron chi connectivity index (χ0n) is 28.6. The average molecular weight is 675 g/mol. The predicted molar refractivity (Wildman–Crippen MR) is 218 cm³/mol. The molecular weight excluding hydrogens is 645 g/mol. The van der Waals surface area contributed by atoms with Gasteiger partial charge in [-0.1, -0.05) is 140 Å². The number of benzene rings is 8. The first kappa shape index (κ1) is 29.5. The van der Waals surface area contributed by atoms with Crippen LogP contribution in [0.25, 0.3) is 106 Å². The normalized spacial score (nSPS) is 11.8. The number of hydrogen-bond acceptors (Lipinski definition) is 3. The van der Waals surface area contributed by atoms with Gasteiger partial charge in [0.25, 0.3) is 0 Å². The Kier molecular flexibility index (Phi) is 6.52. The second-order valence-corrected chi connectivity index (χ2v) is 13.6. The molecule has 0 saturated heterocycles. The van der Waals surface area contributed by atoms with Gasteiger partial charge in [-0.3, -0.25) is 0 Å². The molecule has 4 heteroatoms. The van der Waals surface area contributed by atoms with E-state index in [1.54, 1.807) is 0 Å². The summed E-state index contributed by atoms with van der Waals surface area (Å²) in [5.41, 5.74) is 13.6. The molecule has 8 aromatic carbocycles. The number of para-hydroxylation sites is 3. The molecule has 4 nitrogen and oxygen atoms in total. The third-order valence-corrected chi connectivity index (χ3v) is 10.6. The van der Waals surface area contributed by atoms with Gasteiger partial charge in [-0.25, -0.2) is 15.0 Å². The fraction of sp³-hybridized carbons (Fsp3) is 0. The van der Waals surface area contributed by atoms with Gasteiger partial charge >= 0.3 is 0 Å². The maximum Gasteiger partial charge on any atom is 0.166 e. The summed E-state index contributed by atoms with van der Waals surface area (Å²) in [6.45, 7) is 0. The van der Waals surface area contributed by atoms with Crippen molar-refractivity contribution >= 4 is 32.6 Å². The third-order valence-electron chi connectivity index (χ3n) is 10.6. The van der Waals surface area contributed by atoms with Crippen molar-refractivity contribution in [3.8, 4) is 73.2 Å². The van der Waals surface area contributed by atoms with Crippen LogP contribution in [-0.4, -0.2) is 19.5 Å². The maximum absolute atomic E-state index is 5.25. The summed E-state index contributed by atoms with van der Waals surface area (Å²) in [6, 6.07) is 64.4. The van der Waals surface area contributed by atoms with E-state index in [4.69, 9.17) is 15.0 Å². The first-order valence-corrected chi connectivity index (χ1v) is 18.0. The van der Waals surface area contributed by atoms with Gasteiger partial charge in [-0.05, 0) is 86.6 Å². The first-order chi connectivity index (χ1) is 26.3. The molecule has 0 bridgehead atoms. The van der Waals surface area contributed by atoms with E-state index in [1.165, 1.54) is 43.8 Å². The summed E-state index contributed by atoms with van der Waals surface area (Å²) in [5, 5.41) is 4.99. The van der Waals surface area contributed by atoms with E-state index < -0.39 is 0 Å². The van der Waals surface area contributed by atoms with Crippen molar-refractivity contribution in [2.45, 2.75) is 0 Å². The van der Waals surface area contributed by atoms with Gasteiger partial charge in [0.05, 0.1) is 16.7 Å². The van der Waals surface area contributed by atoms with Gasteiger partial charge in [0, 0.05) is 27.5 Å². The van der Waals surface area contributed by atoms with Crippen LogP contribution in [-0.2, 0) is 0 Å². The van der Waals surface area contributed by atoms with E-state index in [1.807, 2.05) is 18.2 Å². The van der Waals surface area contributed by atoms with E-state index in [-0.39, 0.29) is 0 Å². The van der Waals surface area contributed by atoms with Crippen LogP contribution in [0.4, 0.5) is 0 Å². The minimum atomic E-state index is 0.625. The lowest BCUT2D eigenvalue weighted by Crippen LogP contribution is -2.03. The number of fused-ring (bicyclic) bond motifs is 6. The molecule has 246 valence electrons. The summed E-state index contributed by atoms with van der Waals surface area (Å²) < 4.78 is 2.33. The van der Waals surface area contributed by atoms with Gasteiger partial charge in [-0.15, -0.1) is 0 Å². The number of nitrogens with zero attached hydrogens (tertiary/aromatic N) is 4. The zero-order valence-corrected chi connectivity index (χ0v) is 28.6. The average Bonchev–Trinajstić information content (AvgIpc) is 3.75. The molecule has 2 aromatic heterocycles. The van der Waals surface area contributed by atoms with Crippen LogP contribution in [0.15, 0.2) is 182 Å². The summed E-state index contributed by atoms with van der Waals surface area (Å²) in [7, 11) is 0. The van der Waals surface area contributed by atoms with E-state index in [9.17, 15) is 0 Å². The Morgan fingerprint density at radius 2 is 0.868 bits per heavy atom. The van der Waals surface area contributed by atoms with Crippen LogP contribution >= 0.6 is 0 Å². The molecule has 0 N–H and O–H groups in total. The summed E-state index contributed by atoms with van der Waals surface area (Å²) in [6.07, 6.45) is 0. The van der Waals surface area contributed by atoms with Crippen LogP contribution < -0.4 is 0 Å². The smallest absolute Gasteiger partial charge is 0.166 e. The van der Waals surface area contributed by atoms with Crippen molar-refractivity contribution < 1.29 is 0 Å². The summed E-state index contributed by atoms with van der Waals surface area (Å²) in [5.74, 6) is 1.89. The molecule has 1 aliphatic rings. The van der Waals surface area contributed by atoms with Gasteiger partial charge in [0.1, 0.15) is 0 Å². The molecule has 53 heavy (non-hydrogen) atoms. The molecule has 0 unspecified atom stereocenters. The zero-order chi connectivity index (χ0) is 34.9. The molecule has 0 spiro atoms. The molecule has 0 atom stereocenters. The molecule has 0 aliphatic heterocycles. The molecule has 1 aliphatic carbocycles. The maximum atomic E-state index is 5.25. The summed E-state index contributed by atoms with van der Waals surface area (Å²) >= 11 is 0. The first-order valence-electron chi connectivity index (χ1n) is 18.0. The molecule has 0 saturated carbocycles. The highest BCUT2D eigenvalue weighted by Crippen LogP contribution is 2.48. The van der Waals surface area contributed by atoms with Crippen molar-refractivity contribution in [2.75, 3.05) is 0 Å². The predicted octanol–water partition coefficient (Wildman–Crippen LogP) is 12.4. The minimum absolute atomic E-state index is 0.625. The molecule has 10 aromatic rings. The van der Waals surface area contributed by atoms with Crippen molar-refractivity contribution in [3.63, 3.8) is 0 Å². The Balaban J connectivity index is 1.10. The van der Waals surface area contributed by atoms with E-state index >= 15 is 0 Å². The van der Waals surface area contributed by atoms with Crippen molar-refractivity contribution in [2.24, 2.45) is 0 Å². The molecular formula is C49H30N4. The van der Waals surface area contributed by atoms with Crippen LogP contribution in [0.2, 0.25) is 0 Å². The van der Waals surface area contributed by atoms with Crippen LogP contribution in [0.1, 0.15) is 0 Å². The Labute approximate surface area is 306 Å². The molecule has 2 heterocycles. The van der Waals surface area contributed by atoms with Crippen molar-refractivity contribution in [3.05, 3.63) is 182 Å². The van der Waals surface area contributed by atoms with Crippen LogP contribution in [0.3, 0.4) is 0 Å². The lowest BCUT2D eigenvalue weighted by atomic mass is 9.95. The van der Waals surface area contributed by atoms with Gasteiger partial charge in [-0.2, -0.15) is 0 Å². The van der Waals surface area contributed by atoms with E-state index in [2.05, 4.69) is 168 Å². The van der Waals surface area contributed by atoms with Crippen LogP contribution in [0, 0.1) is 0 Å². The van der Waals surface area contributed by atoms with Crippen molar-refractivity contribution in [1.29, 1.82) is 0 Å². The van der Waals surface area contributed by atoms with E-state index in [0.29, 0.717) is 17.5 Å². The van der Waals surface area contributed by atoms with Gasteiger partial charge < -0.3 is 4.57 Å². The van der Waals surface area contributed by atoms with Gasteiger partial charge in [0.15, 0.2) is 17.5 Å². The Hall–Kier alpha value is -7.17. The highest BCUT2D eigenvalue weighted by Gasteiger charge is 2.23. The topological polar surface area (TPSA) is 43.6 Å². The Morgan fingerprint density at radius 1 is 0.321 bits per heavy atom. The SMILES string of the molecule is c1ccc(-c2nc(-c3cccc(-c4cc5c6c(cccc6c4)-c4ccccc4-5)c3)nc(-c3ccccc3-n3c4ccccc4c4ccccc43)n2)cc1. The van der Waals surface area contributed by atoms with Crippen molar-refractivity contribution in [1.82, 2.24) is 19.5 Å². The Bertz CT molecular complexity index is 3010.